The highest BCUT2D eigenvalue weighted by Gasteiger charge is 2.38. The van der Waals surface area contributed by atoms with Crippen LogP contribution in [0.15, 0.2) is 54.6 Å². The molecule has 2 aromatic carbocycles. The van der Waals surface area contributed by atoms with Gasteiger partial charge in [0.05, 0.1) is 0 Å². The van der Waals surface area contributed by atoms with Crippen LogP contribution in [0, 0.1) is 17.7 Å². The van der Waals surface area contributed by atoms with Crippen LogP contribution in [0.1, 0.15) is 35.7 Å². The monoisotopic (exact) mass is 433 g/mol. The Kier molecular flexibility index (Phi) is 8.38. The normalized spacial score (nSPS) is 19.3. The lowest BCUT2D eigenvalue weighted by Crippen LogP contribution is -2.50. The number of carbonyl (C=O) groups excluding carboxylic acids is 2. The van der Waals surface area contributed by atoms with Gasteiger partial charge in [0, 0.05) is 24.6 Å². The standard InChI is InChI=1S/C23H28FN3O2.ClH/c1-15(2)21(26-22(28)17-8-10-19(24)11-9-17)23(29)27-13-18(12-25)20(14-27)16-6-4-3-5-7-16;/h3-11,15,18,20-21H,12-14,25H2,1-2H3,(H,26,28);1H/t18-,20+,21?;/m1./s1. The van der Waals surface area contributed by atoms with Crippen molar-refractivity contribution in [1.29, 1.82) is 0 Å². The molecular formula is C23H29ClFN3O2. The Hall–Kier alpha value is -2.44. The van der Waals surface area contributed by atoms with Gasteiger partial charge in [0.2, 0.25) is 5.91 Å². The fraction of sp³-hybridized carbons (Fsp3) is 0.391. The van der Waals surface area contributed by atoms with Crippen LogP contribution in [-0.2, 0) is 4.79 Å². The molecule has 2 aromatic rings. The van der Waals surface area contributed by atoms with Gasteiger partial charge >= 0.3 is 0 Å². The van der Waals surface area contributed by atoms with E-state index in [0.717, 1.165) is 0 Å². The van der Waals surface area contributed by atoms with E-state index in [1.807, 2.05) is 36.9 Å². The molecular weight excluding hydrogens is 405 g/mol. The quantitative estimate of drug-likeness (QED) is 0.734. The molecule has 3 N–H and O–H groups in total. The van der Waals surface area contributed by atoms with Gasteiger partial charge in [-0.3, -0.25) is 9.59 Å². The molecule has 30 heavy (non-hydrogen) atoms. The summed E-state index contributed by atoms with van der Waals surface area (Å²) in [4.78, 5) is 27.6. The van der Waals surface area contributed by atoms with Crippen molar-refractivity contribution in [2.45, 2.75) is 25.8 Å². The van der Waals surface area contributed by atoms with Gasteiger partial charge in [-0.25, -0.2) is 4.39 Å². The molecule has 7 heteroatoms. The average Bonchev–Trinajstić information content (AvgIpc) is 3.17. The van der Waals surface area contributed by atoms with E-state index in [-0.39, 0.29) is 42.0 Å². The molecule has 2 amide bonds. The summed E-state index contributed by atoms with van der Waals surface area (Å²) in [5.74, 6) is -0.611. The van der Waals surface area contributed by atoms with Gasteiger partial charge in [0.25, 0.3) is 5.91 Å². The molecule has 0 bridgehead atoms. The van der Waals surface area contributed by atoms with Crippen molar-refractivity contribution in [2.24, 2.45) is 17.6 Å². The van der Waals surface area contributed by atoms with Crippen molar-refractivity contribution < 1.29 is 14.0 Å². The number of carbonyl (C=O) groups is 2. The molecule has 0 aliphatic carbocycles. The molecule has 0 spiro atoms. The van der Waals surface area contributed by atoms with Crippen LogP contribution in [0.25, 0.3) is 0 Å². The van der Waals surface area contributed by atoms with E-state index in [1.54, 1.807) is 0 Å². The maximum absolute atomic E-state index is 13.3. The van der Waals surface area contributed by atoms with Gasteiger partial charge < -0.3 is 16.0 Å². The molecule has 1 aliphatic heterocycles. The Balaban J connectivity index is 0.00000320. The van der Waals surface area contributed by atoms with E-state index in [1.165, 1.54) is 29.8 Å². The SMILES string of the molecule is CC(C)C(NC(=O)c1ccc(F)cc1)C(=O)N1C[C@@H](CN)[C@H](c2ccccc2)C1.Cl. The second-order valence-corrected chi connectivity index (χ2v) is 7.96. The molecule has 162 valence electrons. The molecule has 5 nitrogen and oxygen atoms in total. The number of halogens is 2. The van der Waals surface area contributed by atoms with E-state index < -0.39 is 11.9 Å². The first-order chi connectivity index (χ1) is 13.9. The zero-order valence-corrected chi connectivity index (χ0v) is 18.1. The molecule has 1 saturated heterocycles. The fourth-order valence-electron chi connectivity index (χ4n) is 3.90. The Morgan fingerprint density at radius 3 is 2.30 bits per heavy atom. The molecule has 0 radical (unpaired) electrons. The predicted octanol–water partition coefficient (Wildman–Crippen LogP) is 3.20. The number of benzene rings is 2. The topological polar surface area (TPSA) is 75.4 Å². The molecule has 0 aromatic heterocycles. The van der Waals surface area contributed by atoms with Gasteiger partial charge in [-0.1, -0.05) is 44.2 Å². The first kappa shape index (κ1) is 23.8. The minimum absolute atomic E-state index is 0. The lowest BCUT2D eigenvalue weighted by atomic mass is 9.89. The zero-order chi connectivity index (χ0) is 21.0. The lowest BCUT2D eigenvalue weighted by Gasteiger charge is -2.27. The Labute approximate surface area is 183 Å². The number of hydrogen-bond donors (Lipinski definition) is 2. The minimum atomic E-state index is -0.652. The maximum atomic E-state index is 13.3. The van der Waals surface area contributed by atoms with Gasteiger partial charge in [-0.05, 0) is 48.2 Å². The summed E-state index contributed by atoms with van der Waals surface area (Å²) >= 11 is 0. The smallest absolute Gasteiger partial charge is 0.251 e. The van der Waals surface area contributed by atoms with Crippen molar-refractivity contribution in [2.75, 3.05) is 19.6 Å². The van der Waals surface area contributed by atoms with Gasteiger partial charge in [0.15, 0.2) is 0 Å². The number of likely N-dealkylation sites (tertiary alicyclic amines) is 1. The maximum Gasteiger partial charge on any atom is 0.251 e. The summed E-state index contributed by atoms with van der Waals surface area (Å²) in [5.41, 5.74) is 7.49. The Bertz CT molecular complexity index is 845. The number of nitrogens with one attached hydrogen (secondary N) is 1. The summed E-state index contributed by atoms with van der Waals surface area (Å²) in [6.07, 6.45) is 0. The molecule has 1 fully saturated rings. The summed E-state index contributed by atoms with van der Waals surface area (Å²) in [6.45, 7) is 5.46. The molecule has 1 unspecified atom stereocenters. The third-order valence-corrected chi connectivity index (χ3v) is 5.61. The first-order valence-corrected chi connectivity index (χ1v) is 10.0. The van der Waals surface area contributed by atoms with Gasteiger partial charge in [-0.15, -0.1) is 12.4 Å². The Morgan fingerprint density at radius 1 is 1.10 bits per heavy atom. The van der Waals surface area contributed by atoms with Crippen LogP contribution in [-0.4, -0.2) is 42.4 Å². The van der Waals surface area contributed by atoms with E-state index in [2.05, 4.69) is 17.4 Å². The van der Waals surface area contributed by atoms with Crippen LogP contribution < -0.4 is 11.1 Å². The minimum Gasteiger partial charge on any atom is -0.340 e. The van der Waals surface area contributed by atoms with Crippen LogP contribution in [0.4, 0.5) is 4.39 Å². The number of rotatable bonds is 6. The van der Waals surface area contributed by atoms with Crippen molar-refractivity contribution in [3.05, 3.63) is 71.5 Å². The van der Waals surface area contributed by atoms with E-state index in [0.29, 0.717) is 25.2 Å². The van der Waals surface area contributed by atoms with E-state index >= 15 is 0 Å². The zero-order valence-electron chi connectivity index (χ0n) is 17.3. The van der Waals surface area contributed by atoms with Gasteiger partial charge in [0.1, 0.15) is 11.9 Å². The summed E-state index contributed by atoms with van der Waals surface area (Å²) in [6, 6.07) is 14.7. The van der Waals surface area contributed by atoms with Crippen molar-refractivity contribution in [3.63, 3.8) is 0 Å². The second-order valence-electron chi connectivity index (χ2n) is 7.96. The number of nitrogens with two attached hydrogens (primary N) is 1. The third-order valence-electron chi connectivity index (χ3n) is 5.61. The number of hydrogen-bond acceptors (Lipinski definition) is 3. The highest BCUT2D eigenvalue weighted by Crippen LogP contribution is 2.32. The van der Waals surface area contributed by atoms with Crippen molar-refractivity contribution in [3.8, 4) is 0 Å². The molecule has 1 aliphatic rings. The van der Waals surface area contributed by atoms with E-state index in [4.69, 9.17) is 5.73 Å². The van der Waals surface area contributed by atoms with Crippen molar-refractivity contribution >= 4 is 24.2 Å². The number of amides is 2. The second kappa shape index (κ2) is 10.5. The molecule has 3 atom stereocenters. The highest BCUT2D eigenvalue weighted by molar-refractivity contribution is 5.97. The Morgan fingerprint density at radius 2 is 1.73 bits per heavy atom. The largest absolute Gasteiger partial charge is 0.340 e. The predicted molar refractivity (Wildman–Crippen MR) is 118 cm³/mol. The lowest BCUT2D eigenvalue weighted by molar-refractivity contribution is -0.133. The van der Waals surface area contributed by atoms with Crippen LogP contribution in [0.5, 0.6) is 0 Å². The molecule has 1 heterocycles. The summed E-state index contributed by atoms with van der Waals surface area (Å²) in [5, 5.41) is 2.83. The first-order valence-electron chi connectivity index (χ1n) is 10.0. The molecule has 3 rings (SSSR count). The third kappa shape index (κ3) is 5.37. The summed E-state index contributed by atoms with van der Waals surface area (Å²) in [7, 11) is 0. The van der Waals surface area contributed by atoms with Gasteiger partial charge in [-0.2, -0.15) is 0 Å². The van der Waals surface area contributed by atoms with E-state index in [9.17, 15) is 14.0 Å². The number of nitrogens with zero attached hydrogens (tertiary/aromatic N) is 1. The fourth-order valence-corrected chi connectivity index (χ4v) is 3.90. The van der Waals surface area contributed by atoms with Crippen LogP contribution in [0.3, 0.4) is 0 Å². The van der Waals surface area contributed by atoms with Crippen LogP contribution in [0.2, 0.25) is 0 Å². The van der Waals surface area contributed by atoms with Crippen LogP contribution >= 0.6 is 12.4 Å². The van der Waals surface area contributed by atoms with Crippen molar-refractivity contribution in [1.82, 2.24) is 10.2 Å². The highest BCUT2D eigenvalue weighted by atomic mass is 35.5. The average molecular weight is 434 g/mol. The summed E-state index contributed by atoms with van der Waals surface area (Å²) < 4.78 is 13.1. The molecule has 0 saturated carbocycles.